The molecule has 0 aliphatic heterocycles. The van der Waals surface area contributed by atoms with Gasteiger partial charge >= 0.3 is 0 Å². The maximum Gasteiger partial charge on any atom is 0.211 e. The van der Waals surface area contributed by atoms with Gasteiger partial charge in [-0.2, -0.15) is 4.37 Å². The van der Waals surface area contributed by atoms with Crippen molar-refractivity contribution < 1.29 is 0 Å². The van der Waals surface area contributed by atoms with Crippen molar-refractivity contribution >= 4 is 11.5 Å². The molecule has 0 bridgehead atoms. The second kappa shape index (κ2) is 2.02. The van der Waals surface area contributed by atoms with Crippen LogP contribution in [0.25, 0.3) is 0 Å². The normalized spacial score (nSPS) is 9.29. The van der Waals surface area contributed by atoms with Gasteiger partial charge in [0.05, 0.1) is 0 Å². The van der Waals surface area contributed by atoms with Gasteiger partial charge in [0.15, 0.2) is 0 Å². The zero-order valence-corrected chi connectivity index (χ0v) is 4.83. The number of rotatable bonds is 1. The predicted molar refractivity (Wildman–Crippen MR) is 28.1 cm³/mol. The van der Waals surface area contributed by atoms with Crippen LogP contribution in [0.15, 0.2) is 0 Å². The maximum atomic E-state index is 3.82. The molecule has 7 heavy (non-hydrogen) atoms. The van der Waals surface area contributed by atoms with Gasteiger partial charge in [-0.3, -0.25) is 0 Å². The highest BCUT2D eigenvalue weighted by Gasteiger charge is 1.87. The first kappa shape index (κ1) is 4.71. The zero-order valence-electron chi connectivity index (χ0n) is 4.01. The molecule has 0 amide bonds. The average Bonchev–Trinajstić information content (AvgIpc) is 2.14. The molecule has 0 saturated carbocycles. The van der Waals surface area contributed by atoms with Gasteiger partial charge in [0.25, 0.3) is 0 Å². The molecule has 1 aromatic heterocycles. The summed E-state index contributed by atoms with van der Waals surface area (Å²) in [6.45, 7) is 2.05. The SMILES string of the molecule is CCc1n[c]ns1. The van der Waals surface area contributed by atoms with Crippen molar-refractivity contribution in [1.29, 1.82) is 0 Å². The Morgan fingerprint density at radius 1 is 1.86 bits per heavy atom. The van der Waals surface area contributed by atoms with E-state index in [1.54, 1.807) is 0 Å². The molecule has 0 spiro atoms. The Balaban J connectivity index is 2.76. The van der Waals surface area contributed by atoms with Crippen LogP contribution in [0.3, 0.4) is 0 Å². The van der Waals surface area contributed by atoms with Crippen molar-refractivity contribution in [3.63, 3.8) is 0 Å². The summed E-state index contributed by atoms with van der Waals surface area (Å²) in [7, 11) is 0. The van der Waals surface area contributed by atoms with Gasteiger partial charge in [-0.15, -0.1) is 0 Å². The fourth-order valence-electron chi connectivity index (χ4n) is 0.313. The summed E-state index contributed by atoms with van der Waals surface area (Å²) in [5.74, 6) is 0. The van der Waals surface area contributed by atoms with Crippen LogP contribution in [0.2, 0.25) is 0 Å². The molecule has 0 aromatic carbocycles. The largest absolute Gasteiger partial charge is 0.217 e. The molecular weight excluding hydrogens is 108 g/mol. The van der Waals surface area contributed by atoms with Crippen LogP contribution < -0.4 is 0 Å². The molecule has 0 unspecified atom stereocenters. The third-order valence-electron chi connectivity index (χ3n) is 0.669. The average molecular weight is 113 g/mol. The minimum atomic E-state index is 0.973. The molecular formula is C4H5N2S. The minimum absolute atomic E-state index is 0.973. The van der Waals surface area contributed by atoms with E-state index in [2.05, 4.69) is 15.7 Å². The van der Waals surface area contributed by atoms with Gasteiger partial charge < -0.3 is 0 Å². The fraction of sp³-hybridized carbons (Fsp3) is 0.500. The predicted octanol–water partition coefficient (Wildman–Crippen LogP) is 0.901. The van der Waals surface area contributed by atoms with Crippen molar-refractivity contribution in [2.45, 2.75) is 13.3 Å². The fourth-order valence-corrected chi connectivity index (χ4v) is 0.711. The quantitative estimate of drug-likeness (QED) is 0.540. The number of nitrogens with zero attached hydrogens (tertiary/aromatic N) is 2. The third-order valence-corrected chi connectivity index (χ3v) is 1.43. The van der Waals surface area contributed by atoms with Crippen molar-refractivity contribution in [1.82, 2.24) is 9.36 Å². The van der Waals surface area contributed by atoms with Crippen LogP contribution in [0, 0.1) is 6.33 Å². The molecule has 0 aliphatic carbocycles. The lowest BCUT2D eigenvalue weighted by atomic mass is 10.5. The van der Waals surface area contributed by atoms with Gasteiger partial charge in [0, 0.05) is 0 Å². The molecule has 1 aromatic rings. The van der Waals surface area contributed by atoms with E-state index in [4.69, 9.17) is 0 Å². The van der Waals surface area contributed by atoms with Crippen LogP contribution in [0.4, 0.5) is 0 Å². The Morgan fingerprint density at radius 3 is 3.00 bits per heavy atom. The van der Waals surface area contributed by atoms with Crippen LogP contribution in [-0.4, -0.2) is 9.36 Å². The van der Waals surface area contributed by atoms with E-state index < -0.39 is 0 Å². The lowest BCUT2D eigenvalue weighted by Crippen LogP contribution is -1.71. The second-order valence-corrected chi connectivity index (χ2v) is 1.98. The summed E-state index contributed by atoms with van der Waals surface area (Å²) in [6.07, 6.45) is 3.47. The van der Waals surface area contributed by atoms with Crippen molar-refractivity contribution in [3.8, 4) is 0 Å². The molecule has 2 nitrogen and oxygen atoms in total. The Hall–Kier alpha value is -0.440. The molecule has 0 saturated heterocycles. The number of aryl methyl sites for hydroxylation is 1. The van der Waals surface area contributed by atoms with E-state index in [1.165, 1.54) is 11.5 Å². The van der Waals surface area contributed by atoms with E-state index >= 15 is 0 Å². The molecule has 1 radical (unpaired) electrons. The molecule has 0 N–H and O–H groups in total. The maximum absolute atomic E-state index is 3.82. The lowest BCUT2D eigenvalue weighted by Gasteiger charge is -1.74. The van der Waals surface area contributed by atoms with Crippen molar-refractivity contribution in [3.05, 3.63) is 11.3 Å². The minimum Gasteiger partial charge on any atom is -0.217 e. The van der Waals surface area contributed by atoms with Crippen LogP contribution in [0.5, 0.6) is 0 Å². The van der Waals surface area contributed by atoms with E-state index in [9.17, 15) is 0 Å². The zero-order chi connectivity index (χ0) is 5.11. The van der Waals surface area contributed by atoms with Gasteiger partial charge in [0.2, 0.25) is 6.33 Å². The second-order valence-electron chi connectivity index (χ2n) is 1.14. The molecule has 0 fully saturated rings. The van der Waals surface area contributed by atoms with E-state index in [0.717, 1.165) is 11.4 Å². The third kappa shape index (κ3) is 0.962. The van der Waals surface area contributed by atoms with E-state index in [0.29, 0.717) is 0 Å². The molecule has 1 heterocycles. The van der Waals surface area contributed by atoms with Crippen molar-refractivity contribution in [2.24, 2.45) is 0 Å². The summed E-state index contributed by atoms with van der Waals surface area (Å²) in [4.78, 5) is 3.82. The highest BCUT2D eigenvalue weighted by Crippen LogP contribution is 1.97. The Morgan fingerprint density at radius 2 is 2.71 bits per heavy atom. The van der Waals surface area contributed by atoms with Crippen LogP contribution in [0.1, 0.15) is 11.9 Å². The molecule has 37 valence electrons. The van der Waals surface area contributed by atoms with Gasteiger partial charge in [-0.1, -0.05) is 6.92 Å². The Bertz CT molecular complexity index is 124. The molecule has 0 aliphatic rings. The standard InChI is InChI=1S/C4H5N2S/c1-2-4-5-3-6-7-4/h2H2,1H3. The first-order chi connectivity index (χ1) is 3.43. The Labute approximate surface area is 46.4 Å². The van der Waals surface area contributed by atoms with Gasteiger partial charge in [0.1, 0.15) is 5.01 Å². The summed E-state index contributed by atoms with van der Waals surface area (Å²) >= 11 is 1.41. The summed E-state index contributed by atoms with van der Waals surface area (Å²) < 4.78 is 3.70. The number of hydrogen-bond acceptors (Lipinski definition) is 3. The van der Waals surface area contributed by atoms with Gasteiger partial charge in [-0.05, 0) is 18.0 Å². The Kier molecular flexibility index (Phi) is 1.36. The number of hydrogen-bond donors (Lipinski definition) is 0. The summed E-state index contributed by atoms with van der Waals surface area (Å²) in [6, 6.07) is 0. The van der Waals surface area contributed by atoms with E-state index in [1.807, 2.05) is 6.92 Å². The van der Waals surface area contributed by atoms with Gasteiger partial charge in [-0.25, -0.2) is 4.98 Å². The number of aromatic nitrogens is 2. The first-order valence-electron chi connectivity index (χ1n) is 2.12. The van der Waals surface area contributed by atoms with Crippen LogP contribution >= 0.6 is 11.5 Å². The molecule has 0 atom stereocenters. The summed E-state index contributed by atoms with van der Waals surface area (Å²) in [5, 5.41) is 1.06. The molecule has 1 rings (SSSR count). The topological polar surface area (TPSA) is 25.8 Å². The highest BCUT2D eigenvalue weighted by atomic mass is 32.1. The van der Waals surface area contributed by atoms with Crippen molar-refractivity contribution in [2.75, 3.05) is 0 Å². The van der Waals surface area contributed by atoms with E-state index in [-0.39, 0.29) is 0 Å². The lowest BCUT2D eigenvalue weighted by molar-refractivity contribution is 1.08. The smallest absolute Gasteiger partial charge is 0.211 e. The molecule has 3 heteroatoms. The summed E-state index contributed by atoms with van der Waals surface area (Å²) in [5.41, 5.74) is 0. The highest BCUT2D eigenvalue weighted by molar-refractivity contribution is 7.05. The first-order valence-corrected chi connectivity index (χ1v) is 2.89. The van der Waals surface area contributed by atoms with Crippen LogP contribution in [-0.2, 0) is 6.42 Å². The monoisotopic (exact) mass is 113 g/mol.